The molecule has 132 valence electrons. The minimum atomic E-state index is -3.01. The van der Waals surface area contributed by atoms with Gasteiger partial charge >= 0.3 is 0 Å². The third-order valence-electron chi connectivity index (χ3n) is 4.28. The van der Waals surface area contributed by atoms with Gasteiger partial charge in [-0.25, -0.2) is 22.9 Å². The Morgan fingerprint density at radius 1 is 1.38 bits per heavy atom. The fraction of sp³-hybridized carbons (Fsp3) is 0.250. The molecular weight excluding hydrogens is 354 g/mol. The lowest BCUT2D eigenvalue weighted by Crippen LogP contribution is -2.22. The molecule has 0 radical (unpaired) electrons. The van der Waals surface area contributed by atoms with Crippen LogP contribution in [0, 0.1) is 11.3 Å². The predicted octanol–water partition coefficient (Wildman–Crippen LogP) is 0.844. The van der Waals surface area contributed by atoms with E-state index in [-0.39, 0.29) is 17.5 Å². The number of fused-ring (bicyclic) bond motifs is 1. The van der Waals surface area contributed by atoms with Crippen LogP contribution in [0.15, 0.2) is 30.7 Å². The summed E-state index contributed by atoms with van der Waals surface area (Å²) in [6.07, 6.45) is 5.30. The van der Waals surface area contributed by atoms with E-state index >= 15 is 0 Å². The Morgan fingerprint density at radius 2 is 2.23 bits per heavy atom. The van der Waals surface area contributed by atoms with Gasteiger partial charge < -0.3 is 11.1 Å². The SMILES string of the molecule is N#Cc1ccn2ncc(-c3ncc(N)c(NC4CCS(=O)(=O)C4)n3)c2c1. The number of hydrogen-bond donors (Lipinski definition) is 2. The molecule has 1 atom stereocenters. The number of nitrogens with zero attached hydrogens (tertiary/aromatic N) is 5. The maximum Gasteiger partial charge on any atom is 0.165 e. The average Bonchev–Trinajstić information content (AvgIpc) is 3.19. The minimum absolute atomic E-state index is 0.0635. The van der Waals surface area contributed by atoms with Crippen LogP contribution in [0.4, 0.5) is 11.5 Å². The number of sulfone groups is 1. The van der Waals surface area contributed by atoms with Gasteiger partial charge in [-0.1, -0.05) is 0 Å². The molecule has 0 aliphatic carbocycles. The van der Waals surface area contributed by atoms with Crippen LogP contribution in [-0.4, -0.2) is 45.5 Å². The summed E-state index contributed by atoms with van der Waals surface area (Å²) in [7, 11) is -3.01. The summed E-state index contributed by atoms with van der Waals surface area (Å²) in [5.74, 6) is 1.02. The molecule has 4 heterocycles. The lowest BCUT2D eigenvalue weighted by atomic mass is 10.2. The average molecular weight is 369 g/mol. The van der Waals surface area contributed by atoms with Gasteiger partial charge in [0.15, 0.2) is 21.5 Å². The first-order valence-corrected chi connectivity index (χ1v) is 9.75. The Hall–Kier alpha value is -3.19. The highest BCUT2D eigenvalue weighted by atomic mass is 32.2. The third-order valence-corrected chi connectivity index (χ3v) is 6.05. The maximum absolute atomic E-state index is 11.6. The van der Waals surface area contributed by atoms with Crippen LogP contribution >= 0.6 is 0 Å². The second kappa shape index (κ2) is 5.96. The minimum Gasteiger partial charge on any atom is -0.394 e. The molecule has 0 spiro atoms. The van der Waals surface area contributed by atoms with Crippen molar-refractivity contribution in [2.75, 3.05) is 22.6 Å². The van der Waals surface area contributed by atoms with Crippen LogP contribution in [0.2, 0.25) is 0 Å². The van der Waals surface area contributed by atoms with Crippen LogP contribution < -0.4 is 11.1 Å². The molecule has 3 aromatic heterocycles. The van der Waals surface area contributed by atoms with Gasteiger partial charge in [-0.15, -0.1) is 0 Å². The van der Waals surface area contributed by atoms with Crippen LogP contribution in [0.3, 0.4) is 0 Å². The van der Waals surface area contributed by atoms with Crippen LogP contribution in [-0.2, 0) is 9.84 Å². The highest BCUT2D eigenvalue weighted by Crippen LogP contribution is 2.26. The van der Waals surface area contributed by atoms with E-state index in [1.807, 2.05) is 0 Å². The zero-order chi connectivity index (χ0) is 18.3. The van der Waals surface area contributed by atoms with Gasteiger partial charge in [0.25, 0.3) is 0 Å². The van der Waals surface area contributed by atoms with E-state index in [0.717, 1.165) is 0 Å². The first kappa shape index (κ1) is 16.3. The molecule has 3 N–H and O–H groups in total. The molecule has 0 bridgehead atoms. The first-order valence-electron chi connectivity index (χ1n) is 7.92. The summed E-state index contributed by atoms with van der Waals surface area (Å²) >= 11 is 0. The van der Waals surface area contributed by atoms with E-state index in [1.165, 1.54) is 6.20 Å². The van der Waals surface area contributed by atoms with E-state index in [9.17, 15) is 8.42 Å². The molecule has 4 rings (SSSR count). The standard InChI is InChI=1S/C16H15N7O2S/c17-6-10-1-3-23-14(5-10)12(7-20-23)15-19-8-13(18)16(22-15)21-11-2-4-26(24,25)9-11/h1,3,5,7-8,11H,2,4,9,18H2,(H,19,21,22). The number of rotatable bonds is 3. The number of nitriles is 1. The molecule has 0 amide bonds. The number of nitrogen functional groups attached to an aromatic ring is 1. The lowest BCUT2D eigenvalue weighted by Gasteiger charge is -2.13. The lowest BCUT2D eigenvalue weighted by molar-refractivity contribution is 0.602. The molecule has 1 unspecified atom stereocenters. The summed E-state index contributed by atoms with van der Waals surface area (Å²) < 4.78 is 24.9. The largest absolute Gasteiger partial charge is 0.394 e. The van der Waals surface area contributed by atoms with E-state index in [2.05, 4.69) is 26.5 Å². The van der Waals surface area contributed by atoms with Gasteiger partial charge in [0.2, 0.25) is 0 Å². The van der Waals surface area contributed by atoms with Crippen molar-refractivity contribution in [3.63, 3.8) is 0 Å². The fourth-order valence-electron chi connectivity index (χ4n) is 2.96. The van der Waals surface area contributed by atoms with Crippen LogP contribution in [0.1, 0.15) is 12.0 Å². The Bertz CT molecular complexity index is 1150. The van der Waals surface area contributed by atoms with Crippen molar-refractivity contribution < 1.29 is 8.42 Å². The summed E-state index contributed by atoms with van der Waals surface area (Å²) in [5.41, 5.74) is 8.14. The van der Waals surface area contributed by atoms with E-state index in [1.54, 1.807) is 29.0 Å². The van der Waals surface area contributed by atoms with Crippen molar-refractivity contribution in [2.24, 2.45) is 0 Å². The van der Waals surface area contributed by atoms with Gasteiger partial charge in [0.1, 0.15) is 0 Å². The highest BCUT2D eigenvalue weighted by molar-refractivity contribution is 7.91. The van der Waals surface area contributed by atoms with Crippen molar-refractivity contribution in [1.82, 2.24) is 19.6 Å². The molecular formula is C16H15N7O2S. The van der Waals surface area contributed by atoms with Crippen molar-refractivity contribution in [3.8, 4) is 17.5 Å². The Balaban J connectivity index is 1.71. The normalized spacial score (nSPS) is 18.7. The highest BCUT2D eigenvalue weighted by Gasteiger charge is 2.28. The second-order valence-electron chi connectivity index (χ2n) is 6.16. The van der Waals surface area contributed by atoms with Crippen molar-refractivity contribution in [3.05, 3.63) is 36.3 Å². The van der Waals surface area contributed by atoms with E-state index < -0.39 is 9.84 Å². The molecule has 0 saturated carbocycles. The van der Waals surface area contributed by atoms with Gasteiger partial charge in [-0.2, -0.15) is 10.4 Å². The summed E-state index contributed by atoms with van der Waals surface area (Å²) in [4.78, 5) is 8.71. The topological polar surface area (TPSA) is 139 Å². The Morgan fingerprint density at radius 3 is 2.96 bits per heavy atom. The summed E-state index contributed by atoms with van der Waals surface area (Å²) in [6.45, 7) is 0. The molecule has 1 fully saturated rings. The Labute approximate surface area is 149 Å². The Kier molecular flexibility index (Phi) is 3.73. The van der Waals surface area contributed by atoms with Crippen molar-refractivity contribution >= 4 is 26.9 Å². The molecule has 10 heteroatoms. The maximum atomic E-state index is 11.6. The predicted molar refractivity (Wildman–Crippen MR) is 96.0 cm³/mol. The van der Waals surface area contributed by atoms with E-state index in [4.69, 9.17) is 11.0 Å². The zero-order valence-corrected chi connectivity index (χ0v) is 14.4. The number of hydrogen-bond acceptors (Lipinski definition) is 8. The molecule has 1 aliphatic rings. The summed E-state index contributed by atoms with van der Waals surface area (Å²) in [6, 6.07) is 5.24. The number of pyridine rings is 1. The molecule has 1 aliphatic heterocycles. The molecule has 1 saturated heterocycles. The second-order valence-corrected chi connectivity index (χ2v) is 8.39. The van der Waals surface area contributed by atoms with Crippen LogP contribution in [0.5, 0.6) is 0 Å². The van der Waals surface area contributed by atoms with Crippen LogP contribution in [0.25, 0.3) is 16.9 Å². The molecule has 0 aromatic carbocycles. The summed E-state index contributed by atoms with van der Waals surface area (Å²) in [5, 5.41) is 16.4. The van der Waals surface area contributed by atoms with Crippen molar-refractivity contribution in [1.29, 1.82) is 5.26 Å². The monoisotopic (exact) mass is 369 g/mol. The fourth-order valence-corrected chi connectivity index (χ4v) is 4.63. The number of nitrogens with two attached hydrogens (primary N) is 1. The van der Waals surface area contributed by atoms with Gasteiger partial charge in [0.05, 0.1) is 52.3 Å². The van der Waals surface area contributed by atoms with Gasteiger partial charge in [-0.05, 0) is 18.6 Å². The van der Waals surface area contributed by atoms with Crippen molar-refractivity contribution in [2.45, 2.75) is 12.5 Å². The third kappa shape index (κ3) is 2.93. The number of anilines is 2. The number of nitrogens with one attached hydrogen (secondary N) is 1. The zero-order valence-electron chi connectivity index (χ0n) is 13.6. The van der Waals surface area contributed by atoms with E-state index in [0.29, 0.717) is 40.4 Å². The smallest absolute Gasteiger partial charge is 0.165 e. The quantitative estimate of drug-likeness (QED) is 0.692. The van der Waals surface area contributed by atoms with Gasteiger partial charge in [0, 0.05) is 12.2 Å². The number of aromatic nitrogens is 4. The van der Waals surface area contributed by atoms with Gasteiger partial charge in [-0.3, -0.25) is 0 Å². The molecule has 26 heavy (non-hydrogen) atoms. The molecule has 9 nitrogen and oxygen atoms in total. The molecule has 3 aromatic rings. The first-order chi connectivity index (χ1) is 12.4.